The Morgan fingerprint density at radius 3 is 3.00 bits per heavy atom. The van der Waals surface area contributed by atoms with E-state index >= 15 is 0 Å². The molecule has 1 saturated heterocycles. The highest BCUT2D eigenvalue weighted by atomic mass is 16.1. The van der Waals surface area contributed by atoms with Crippen molar-refractivity contribution in [2.24, 2.45) is 5.73 Å². The Labute approximate surface area is 150 Å². The van der Waals surface area contributed by atoms with Crippen molar-refractivity contribution in [2.45, 2.75) is 12.5 Å². The number of pyridine rings is 1. The van der Waals surface area contributed by atoms with Gasteiger partial charge in [0, 0.05) is 29.9 Å². The first-order chi connectivity index (χ1) is 12.7. The third-order valence-corrected chi connectivity index (χ3v) is 4.28. The Balaban J connectivity index is 1.64. The van der Waals surface area contributed by atoms with Crippen molar-refractivity contribution < 1.29 is 4.79 Å². The molecule has 1 aromatic carbocycles. The summed E-state index contributed by atoms with van der Waals surface area (Å²) in [6.45, 7) is 1.85. The van der Waals surface area contributed by atoms with E-state index in [-0.39, 0.29) is 5.69 Å². The summed E-state index contributed by atoms with van der Waals surface area (Å²) in [5.74, 6) is 0.307. The molecular formula is C18H19N7O. The van der Waals surface area contributed by atoms with Crippen molar-refractivity contribution in [1.82, 2.24) is 20.3 Å². The minimum atomic E-state index is -0.628. The molecule has 5 N–H and O–H groups in total. The first-order valence-corrected chi connectivity index (χ1v) is 8.45. The average Bonchev–Trinajstić information content (AvgIpc) is 3.14. The maximum Gasteiger partial charge on any atom is 0.271 e. The summed E-state index contributed by atoms with van der Waals surface area (Å²) in [6, 6.07) is 9.86. The van der Waals surface area contributed by atoms with Gasteiger partial charge in [0.1, 0.15) is 5.82 Å². The molecule has 132 valence electrons. The summed E-state index contributed by atoms with van der Waals surface area (Å²) in [6.07, 6.45) is 4.30. The van der Waals surface area contributed by atoms with Gasteiger partial charge in [0.2, 0.25) is 0 Å². The smallest absolute Gasteiger partial charge is 0.271 e. The van der Waals surface area contributed by atoms with Crippen molar-refractivity contribution >= 4 is 34.1 Å². The lowest BCUT2D eigenvalue weighted by molar-refractivity contribution is 0.0996. The number of nitrogens with two attached hydrogens (primary N) is 1. The molecule has 0 aliphatic carbocycles. The van der Waals surface area contributed by atoms with Gasteiger partial charge in [-0.2, -0.15) is 0 Å². The molecule has 26 heavy (non-hydrogen) atoms. The van der Waals surface area contributed by atoms with Crippen molar-refractivity contribution in [1.29, 1.82) is 0 Å². The standard InChI is InChI=1S/C18H19N7O/c19-17(26)16-18(25-15(10-22-16)23-13-5-7-20-9-13)24-12-3-4-14-11(8-12)2-1-6-21-14/h1-4,6,8,10,13,20H,5,7,9H2,(H2,19,26)(H2,23,24,25). The lowest BCUT2D eigenvalue weighted by atomic mass is 10.2. The second-order valence-electron chi connectivity index (χ2n) is 6.19. The highest BCUT2D eigenvalue weighted by Crippen LogP contribution is 2.23. The molecule has 1 atom stereocenters. The second-order valence-corrected chi connectivity index (χ2v) is 6.19. The monoisotopic (exact) mass is 349 g/mol. The number of amides is 1. The number of aromatic nitrogens is 3. The molecule has 1 amide bonds. The van der Waals surface area contributed by atoms with Gasteiger partial charge in [0.15, 0.2) is 11.5 Å². The van der Waals surface area contributed by atoms with Crippen LogP contribution in [0.2, 0.25) is 0 Å². The van der Waals surface area contributed by atoms with Gasteiger partial charge in [-0.3, -0.25) is 9.78 Å². The van der Waals surface area contributed by atoms with E-state index in [1.807, 2.05) is 30.3 Å². The quantitative estimate of drug-likeness (QED) is 0.553. The minimum Gasteiger partial charge on any atom is -0.365 e. The zero-order valence-corrected chi connectivity index (χ0v) is 14.1. The van der Waals surface area contributed by atoms with Crippen LogP contribution >= 0.6 is 0 Å². The van der Waals surface area contributed by atoms with E-state index in [9.17, 15) is 4.79 Å². The molecule has 8 nitrogen and oxygen atoms in total. The SMILES string of the molecule is NC(=O)c1ncc(NC2CCNC2)nc1Nc1ccc2ncccc2c1. The molecule has 0 saturated carbocycles. The van der Waals surface area contributed by atoms with Crippen LogP contribution < -0.4 is 21.7 Å². The highest BCUT2D eigenvalue weighted by Gasteiger charge is 2.17. The number of nitrogens with zero attached hydrogens (tertiary/aromatic N) is 3. The summed E-state index contributed by atoms with van der Waals surface area (Å²) in [5.41, 5.74) is 7.23. The van der Waals surface area contributed by atoms with Crippen LogP contribution in [0.3, 0.4) is 0 Å². The van der Waals surface area contributed by atoms with Gasteiger partial charge in [-0.1, -0.05) is 6.07 Å². The van der Waals surface area contributed by atoms with E-state index in [1.54, 1.807) is 6.20 Å². The van der Waals surface area contributed by atoms with E-state index in [0.29, 0.717) is 17.7 Å². The molecule has 8 heteroatoms. The van der Waals surface area contributed by atoms with Crippen LogP contribution in [-0.4, -0.2) is 40.0 Å². The number of hydrogen-bond acceptors (Lipinski definition) is 7. The molecule has 0 spiro atoms. The maximum absolute atomic E-state index is 11.7. The van der Waals surface area contributed by atoms with Crippen LogP contribution in [0.25, 0.3) is 10.9 Å². The van der Waals surface area contributed by atoms with Crippen LogP contribution in [0.15, 0.2) is 42.7 Å². The molecule has 4 rings (SSSR count). The Hall–Kier alpha value is -3.26. The topological polar surface area (TPSA) is 118 Å². The summed E-state index contributed by atoms with van der Waals surface area (Å²) in [5, 5.41) is 10.7. The van der Waals surface area contributed by atoms with Crippen LogP contribution in [0.4, 0.5) is 17.3 Å². The number of fused-ring (bicyclic) bond motifs is 1. The molecule has 3 aromatic rings. The first kappa shape index (κ1) is 16.2. The largest absolute Gasteiger partial charge is 0.365 e. The molecule has 0 bridgehead atoms. The molecule has 1 aliphatic heterocycles. The molecule has 3 heterocycles. The predicted octanol–water partition coefficient (Wildman–Crippen LogP) is 1.64. The van der Waals surface area contributed by atoms with Crippen LogP contribution in [-0.2, 0) is 0 Å². The lowest BCUT2D eigenvalue weighted by Gasteiger charge is -2.14. The van der Waals surface area contributed by atoms with Crippen molar-refractivity contribution in [3.8, 4) is 0 Å². The van der Waals surface area contributed by atoms with Gasteiger partial charge in [0.05, 0.1) is 11.7 Å². The van der Waals surface area contributed by atoms with Gasteiger partial charge in [0.25, 0.3) is 5.91 Å². The number of benzene rings is 1. The van der Waals surface area contributed by atoms with Crippen LogP contribution in [0, 0.1) is 0 Å². The van der Waals surface area contributed by atoms with Crippen molar-refractivity contribution in [2.75, 3.05) is 23.7 Å². The van der Waals surface area contributed by atoms with Crippen LogP contribution in [0.1, 0.15) is 16.9 Å². The zero-order chi connectivity index (χ0) is 17.9. The van der Waals surface area contributed by atoms with E-state index in [4.69, 9.17) is 5.73 Å². The zero-order valence-electron chi connectivity index (χ0n) is 14.1. The lowest BCUT2D eigenvalue weighted by Crippen LogP contribution is -2.24. The Bertz CT molecular complexity index is 953. The van der Waals surface area contributed by atoms with E-state index in [0.717, 1.165) is 36.1 Å². The van der Waals surface area contributed by atoms with Gasteiger partial charge in [-0.25, -0.2) is 9.97 Å². The number of nitrogens with one attached hydrogen (secondary N) is 3. The second kappa shape index (κ2) is 6.93. The predicted molar refractivity (Wildman–Crippen MR) is 100 cm³/mol. The Morgan fingerprint density at radius 2 is 2.19 bits per heavy atom. The highest BCUT2D eigenvalue weighted by molar-refractivity contribution is 5.96. The molecule has 1 fully saturated rings. The molecule has 2 aromatic heterocycles. The Kier molecular flexibility index (Phi) is 4.32. The summed E-state index contributed by atoms with van der Waals surface area (Å²) in [7, 11) is 0. The fourth-order valence-electron chi connectivity index (χ4n) is 3.00. The number of rotatable bonds is 5. The summed E-state index contributed by atoms with van der Waals surface area (Å²) >= 11 is 0. The van der Waals surface area contributed by atoms with Gasteiger partial charge < -0.3 is 21.7 Å². The summed E-state index contributed by atoms with van der Waals surface area (Å²) in [4.78, 5) is 24.7. The number of primary amides is 1. The molecular weight excluding hydrogens is 330 g/mol. The van der Waals surface area contributed by atoms with Gasteiger partial charge >= 0.3 is 0 Å². The van der Waals surface area contributed by atoms with Crippen molar-refractivity contribution in [3.63, 3.8) is 0 Å². The van der Waals surface area contributed by atoms with Gasteiger partial charge in [-0.15, -0.1) is 0 Å². The fourth-order valence-corrected chi connectivity index (χ4v) is 3.00. The summed E-state index contributed by atoms with van der Waals surface area (Å²) < 4.78 is 0. The normalized spacial score (nSPS) is 16.5. The molecule has 0 radical (unpaired) electrons. The third-order valence-electron chi connectivity index (χ3n) is 4.28. The molecule has 1 unspecified atom stereocenters. The average molecular weight is 349 g/mol. The third kappa shape index (κ3) is 3.40. The van der Waals surface area contributed by atoms with Crippen molar-refractivity contribution in [3.05, 3.63) is 48.4 Å². The number of hydrogen-bond donors (Lipinski definition) is 4. The number of carbonyl (C=O) groups is 1. The molecule has 1 aliphatic rings. The van der Waals surface area contributed by atoms with E-state index in [2.05, 4.69) is 30.9 Å². The van der Waals surface area contributed by atoms with Gasteiger partial charge in [-0.05, 0) is 37.2 Å². The van der Waals surface area contributed by atoms with Crippen LogP contribution in [0.5, 0.6) is 0 Å². The number of anilines is 3. The fraction of sp³-hybridized carbons (Fsp3) is 0.222. The maximum atomic E-state index is 11.7. The first-order valence-electron chi connectivity index (χ1n) is 8.45. The van der Waals surface area contributed by atoms with E-state index in [1.165, 1.54) is 6.20 Å². The minimum absolute atomic E-state index is 0.103. The number of carbonyl (C=O) groups excluding carboxylic acids is 1. The Morgan fingerprint density at radius 1 is 1.27 bits per heavy atom. The van der Waals surface area contributed by atoms with E-state index < -0.39 is 5.91 Å².